The van der Waals surface area contributed by atoms with Crippen molar-refractivity contribution in [3.8, 4) is 5.88 Å². The second-order valence-electron chi connectivity index (χ2n) is 3.35. The van der Waals surface area contributed by atoms with Crippen LogP contribution in [0.3, 0.4) is 0 Å². The first kappa shape index (κ1) is 8.98. The predicted octanol–water partition coefficient (Wildman–Crippen LogP) is 0.106. The van der Waals surface area contributed by atoms with E-state index in [-0.39, 0.29) is 6.04 Å². The van der Waals surface area contributed by atoms with Gasteiger partial charge in [-0.2, -0.15) is 4.39 Å². The predicted molar refractivity (Wildman–Crippen MR) is 45.8 cm³/mol. The molecule has 14 heavy (non-hydrogen) atoms. The molecule has 1 aromatic rings. The van der Waals surface area contributed by atoms with E-state index in [1.807, 2.05) is 4.98 Å². The highest BCUT2D eigenvalue weighted by Gasteiger charge is 2.25. The van der Waals surface area contributed by atoms with Crippen molar-refractivity contribution in [1.29, 1.82) is 0 Å². The monoisotopic (exact) mass is 200 g/mol. The number of aromatic amines is 1. The van der Waals surface area contributed by atoms with Crippen LogP contribution >= 0.6 is 0 Å². The highest BCUT2D eigenvalue weighted by atomic mass is 19.1. The molecule has 0 atom stereocenters. The Kier molecular flexibility index (Phi) is 1.90. The fraction of sp³-hybridized carbons (Fsp3) is 0.500. The molecule has 0 amide bonds. The zero-order chi connectivity index (χ0) is 10.3. The molecule has 6 heteroatoms. The molecule has 2 rings (SSSR count). The summed E-state index contributed by atoms with van der Waals surface area (Å²) < 4.78 is 13.8. The second-order valence-corrected chi connectivity index (χ2v) is 3.35. The molecule has 0 unspecified atom stereocenters. The molecule has 76 valence electrons. The van der Waals surface area contributed by atoms with Gasteiger partial charge in [-0.1, -0.05) is 0 Å². The van der Waals surface area contributed by atoms with Crippen molar-refractivity contribution in [2.75, 3.05) is 0 Å². The van der Waals surface area contributed by atoms with Crippen LogP contribution in [0.5, 0.6) is 5.88 Å². The number of halogens is 1. The van der Waals surface area contributed by atoms with Gasteiger partial charge in [-0.15, -0.1) is 0 Å². The van der Waals surface area contributed by atoms with Crippen molar-refractivity contribution in [2.45, 2.75) is 25.3 Å². The summed E-state index contributed by atoms with van der Waals surface area (Å²) in [4.78, 5) is 23.8. The minimum atomic E-state index is -1.29. The summed E-state index contributed by atoms with van der Waals surface area (Å²) >= 11 is 0. The second kappa shape index (κ2) is 2.97. The number of rotatable bonds is 1. The first-order chi connectivity index (χ1) is 6.61. The maximum Gasteiger partial charge on any atom is 0.331 e. The molecule has 5 nitrogen and oxygen atoms in total. The molecule has 1 fully saturated rings. The van der Waals surface area contributed by atoms with Gasteiger partial charge in [0.05, 0.1) is 0 Å². The maximum atomic E-state index is 12.9. The van der Waals surface area contributed by atoms with Crippen molar-refractivity contribution in [3.63, 3.8) is 0 Å². The Labute approximate surface area is 77.8 Å². The third kappa shape index (κ3) is 1.14. The molecule has 0 saturated heterocycles. The standard InChI is InChI=1S/C8H9FN2O3/c9-5-6(12)10-8(14)11(7(5)13)4-2-1-3-4/h4,13H,1-3H2,(H,10,12,14). The van der Waals surface area contributed by atoms with Crippen LogP contribution in [0, 0.1) is 5.82 Å². The van der Waals surface area contributed by atoms with Gasteiger partial charge in [-0.25, -0.2) is 4.79 Å². The van der Waals surface area contributed by atoms with Gasteiger partial charge in [0.25, 0.3) is 5.56 Å². The molecular formula is C8H9FN2O3. The van der Waals surface area contributed by atoms with Crippen LogP contribution in [0.15, 0.2) is 9.59 Å². The number of aromatic nitrogens is 2. The molecule has 0 spiro atoms. The molecule has 1 aromatic heterocycles. The number of H-pyrrole nitrogens is 1. The smallest absolute Gasteiger partial charge is 0.331 e. The van der Waals surface area contributed by atoms with Gasteiger partial charge >= 0.3 is 5.69 Å². The third-order valence-electron chi connectivity index (χ3n) is 2.50. The number of aromatic hydroxyl groups is 1. The van der Waals surface area contributed by atoms with Crippen molar-refractivity contribution < 1.29 is 9.50 Å². The Morgan fingerprint density at radius 2 is 2.07 bits per heavy atom. The van der Waals surface area contributed by atoms with Gasteiger partial charge in [0, 0.05) is 6.04 Å². The zero-order valence-corrected chi connectivity index (χ0v) is 7.29. The summed E-state index contributed by atoms with van der Waals surface area (Å²) in [7, 11) is 0. The molecule has 1 heterocycles. The fourth-order valence-corrected chi connectivity index (χ4v) is 1.50. The number of hydrogen-bond acceptors (Lipinski definition) is 3. The lowest BCUT2D eigenvalue weighted by molar-refractivity contribution is 0.254. The summed E-state index contributed by atoms with van der Waals surface area (Å²) in [5.41, 5.74) is -1.93. The molecule has 0 aromatic carbocycles. The zero-order valence-electron chi connectivity index (χ0n) is 7.29. The van der Waals surface area contributed by atoms with Crippen molar-refractivity contribution in [2.24, 2.45) is 0 Å². The van der Waals surface area contributed by atoms with Crippen LogP contribution in [-0.2, 0) is 0 Å². The van der Waals surface area contributed by atoms with Crippen molar-refractivity contribution in [1.82, 2.24) is 9.55 Å². The summed E-state index contributed by atoms with van der Waals surface area (Å²) in [6.07, 6.45) is 2.38. The highest BCUT2D eigenvalue weighted by Crippen LogP contribution is 2.32. The van der Waals surface area contributed by atoms with Gasteiger partial charge in [0.1, 0.15) is 0 Å². The Morgan fingerprint density at radius 1 is 1.43 bits per heavy atom. The molecule has 0 aliphatic heterocycles. The average molecular weight is 200 g/mol. The quantitative estimate of drug-likeness (QED) is 0.675. The number of nitrogens with one attached hydrogen (secondary N) is 1. The molecule has 2 N–H and O–H groups in total. The Hall–Kier alpha value is -1.59. The Morgan fingerprint density at radius 3 is 2.57 bits per heavy atom. The van der Waals surface area contributed by atoms with E-state index < -0.39 is 22.9 Å². The van der Waals surface area contributed by atoms with Crippen LogP contribution in [0.25, 0.3) is 0 Å². The third-order valence-corrected chi connectivity index (χ3v) is 2.50. The summed E-state index contributed by atoms with van der Waals surface area (Å²) in [6.45, 7) is 0. The minimum absolute atomic E-state index is 0.186. The Balaban J connectivity index is 2.64. The van der Waals surface area contributed by atoms with Crippen molar-refractivity contribution >= 4 is 0 Å². The molecule has 1 saturated carbocycles. The van der Waals surface area contributed by atoms with Crippen LogP contribution in [-0.4, -0.2) is 14.7 Å². The molecule has 0 radical (unpaired) electrons. The van der Waals surface area contributed by atoms with E-state index in [2.05, 4.69) is 0 Å². The Bertz CT molecular complexity index is 472. The lowest BCUT2D eigenvalue weighted by Gasteiger charge is -2.27. The van der Waals surface area contributed by atoms with Gasteiger partial charge in [0.2, 0.25) is 11.7 Å². The van der Waals surface area contributed by atoms with Gasteiger partial charge in [0.15, 0.2) is 0 Å². The largest absolute Gasteiger partial charge is 0.492 e. The maximum absolute atomic E-state index is 12.9. The van der Waals surface area contributed by atoms with E-state index in [1.165, 1.54) is 0 Å². The molecule has 1 aliphatic carbocycles. The summed E-state index contributed by atoms with van der Waals surface area (Å²) in [5.74, 6) is -2.15. The normalized spacial score (nSPS) is 16.6. The van der Waals surface area contributed by atoms with E-state index in [4.69, 9.17) is 0 Å². The van der Waals surface area contributed by atoms with Gasteiger partial charge in [-0.3, -0.25) is 14.3 Å². The van der Waals surface area contributed by atoms with Gasteiger partial charge in [-0.05, 0) is 19.3 Å². The van der Waals surface area contributed by atoms with E-state index in [0.29, 0.717) is 0 Å². The lowest BCUT2D eigenvalue weighted by atomic mass is 9.93. The first-order valence-corrected chi connectivity index (χ1v) is 4.34. The molecular weight excluding hydrogens is 191 g/mol. The topological polar surface area (TPSA) is 75.1 Å². The van der Waals surface area contributed by atoms with E-state index in [1.54, 1.807) is 0 Å². The minimum Gasteiger partial charge on any atom is -0.492 e. The van der Waals surface area contributed by atoms with Crippen LogP contribution in [0.4, 0.5) is 4.39 Å². The van der Waals surface area contributed by atoms with E-state index in [0.717, 1.165) is 23.8 Å². The SMILES string of the molecule is O=c1[nH]c(=O)n(C2CCC2)c(O)c1F. The average Bonchev–Trinajstić information content (AvgIpc) is 2.05. The lowest BCUT2D eigenvalue weighted by Crippen LogP contribution is -2.36. The van der Waals surface area contributed by atoms with Crippen molar-refractivity contribution in [3.05, 3.63) is 26.7 Å². The molecule has 1 aliphatic rings. The van der Waals surface area contributed by atoms with Crippen LogP contribution < -0.4 is 11.2 Å². The van der Waals surface area contributed by atoms with Crippen LogP contribution in [0.1, 0.15) is 25.3 Å². The first-order valence-electron chi connectivity index (χ1n) is 4.34. The number of hydrogen-bond donors (Lipinski definition) is 2. The fourth-order valence-electron chi connectivity index (χ4n) is 1.50. The summed E-state index contributed by atoms with van der Waals surface area (Å²) in [6, 6.07) is -0.186. The van der Waals surface area contributed by atoms with E-state index in [9.17, 15) is 19.1 Å². The summed E-state index contributed by atoms with van der Waals surface area (Å²) in [5, 5.41) is 9.26. The van der Waals surface area contributed by atoms with Gasteiger partial charge < -0.3 is 5.11 Å². The van der Waals surface area contributed by atoms with Crippen LogP contribution in [0.2, 0.25) is 0 Å². The highest BCUT2D eigenvalue weighted by molar-refractivity contribution is 5.11. The van der Waals surface area contributed by atoms with E-state index >= 15 is 0 Å². The number of nitrogens with zero attached hydrogens (tertiary/aromatic N) is 1. The molecule has 0 bridgehead atoms.